The van der Waals surface area contributed by atoms with Crippen LogP contribution in [0.1, 0.15) is 6.92 Å². The molecule has 11 heavy (non-hydrogen) atoms. The Morgan fingerprint density at radius 2 is 1.91 bits per heavy atom. The Morgan fingerprint density at radius 1 is 1.36 bits per heavy atom. The van der Waals surface area contributed by atoms with Crippen molar-refractivity contribution in [3.63, 3.8) is 0 Å². The molecule has 0 heterocycles. The lowest BCUT2D eigenvalue weighted by atomic mass is 10.3. The fraction of sp³-hybridized carbons (Fsp3) is 0.250. The van der Waals surface area contributed by atoms with Crippen LogP contribution < -0.4 is 4.74 Å². The maximum Gasteiger partial charge on any atom is 0.138 e. The smallest absolute Gasteiger partial charge is 0.138 e. The van der Waals surface area contributed by atoms with Crippen LogP contribution in [0.4, 0.5) is 4.39 Å². The number of rotatable bonds is 2. The average Bonchev–Trinajstić information content (AvgIpc) is 1.93. The highest BCUT2D eigenvalue weighted by Gasteiger charge is 1.96. The molecule has 0 saturated carbocycles. The molecule has 0 N–H and O–H groups in total. The third-order valence-electron chi connectivity index (χ3n) is 1.12. The van der Waals surface area contributed by atoms with E-state index in [0.29, 0.717) is 5.75 Å². The average molecular weight is 172 g/mol. The molecule has 1 aromatic carbocycles. The van der Waals surface area contributed by atoms with Crippen LogP contribution in [0.2, 0.25) is 0 Å². The topological polar surface area (TPSA) is 9.23 Å². The van der Waals surface area contributed by atoms with Gasteiger partial charge in [0.15, 0.2) is 0 Å². The van der Waals surface area contributed by atoms with Gasteiger partial charge in [-0.3, -0.25) is 0 Å². The second kappa shape index (κ2) is 3.62. The summed E-state index contributed by atoms with van der Waals surface area (Å²) in [5.74, 6) is 0.373. The molecule has 0 amide bonds. The standard InChI is InChI=1S/C8H9FOS/c1-6(11)10-8-4-2-7(9)3-5-8/h2-6,11H,1H3/t6-/m1/s1. The van der Waals surface area contributed by atoms with Gasteiger partial charge in [0.25, 0.3) is 0 Å². The predicted molar refractivity (Wildman–Crippen MR) is 45.5 cm³/mol. The van der Waals surface area contributed by atoms with Crippen LogP contribution in [0.25, 0.3) is 0 Å². The third kappa shape index (κ3) is 2.80. The van der Waals surface area contributed by atoms with Gasteiger partial charge in [-0.1, -0.05) is 0 Å². The number of halogens is 1. The van der Waals surface area contributed by atoms with Crippen LogP contribution in [0, 0.1) is 5.82 Å². The van der Waals surface area contributed by atoms with Gasteiger partial charge in [0.1, 0.15) is 17.0 Å². The molecule has 1 nitrogen and oxygen atoms in total. The zero-order valence-corrected chi connectivity index (χ0v) is 7.01. The fourth-order valence-electron chi connectivity index (χ4n) is 0.710. The van der Waals surface area contributed by atoms with Crippen LogP contribution in [0.3, 0.4) is 0 Å². The number of ether oxygens (including phenoxy) is 1. The first-order valence-corrected chi connectivity index (χ1v) is 3.80. The highest BCUT2D eigenvalue weighted by Crippen LogP contribution is 2.13. The van der Waals surface area contributed by atoms with Gasteiger partial charge in [-0.15, -0.1) is 12.6 Å². The van der Waals surface area contributed by atoms with E-state index in [1.807, 2.05) is 0 Å². The van der Waals surface area contributed by atoms with Crippen molar-refractivity contribution in [3.8, 4) is 5.75 Å². The maximum atomic E-state index is 12.3. The van der Waals surface area contributed by atoms with Gasteiger partial charge in [0.2, 0.25) is 0 Å². The van der Waals surface area contributed by atoms with Gasteiger partial charge < -0.3 is 4.74 Å². The number of hydrogen-bond acceptors (Lipinski definition) is 2. The Morgan fingerprint density at radius 3 is 2.36 bits per heavy atom. The van der Waals surface area contributed by atoms with Crippen LogP contribution in [0.15, 0.2) is 24.3 Å². The van der Waals surface area contributed by atoms with E-state index in [9.17, 15) is 4.39 Å². The molecule has 0 aliphatic rings. The van der Waals surface area contributed by atoms with Crippen molar-refractivity contribution in [3.05, 3.63) is 30.1 Å². The summed E-state index contributed by atoms with van der Waals surface area (Å²) in [4.78, 5) is 0. The summed E-state index contributed by atoms with van der Waals surface area (Å²) in [7, 11) is 0. The molecular weight excluding hydrogens is 163 g/mol. The maximum absolute atomic E-state index is 12.3. The molecule has 0 spiro atoms. The molecule has 0 aromatic heterocycles. The van der Waals surface area contributed by atoms with Gasteiger partial charge in [-0.05, 0) is 31.2 Å². The largest absolute Gasteiger partial charge is 0.480 e. The molecule has 0 aliphatic carbocycles. The van der Waals surface area contributed by atoms with E-state index in [4.69, 9.17) is 4.74 Å². The van der Waals surface area contributed by atoms with Crippen molar-refractivity contribution in [1.82, 2.24) is 0 Å². The molecule has 3 heteroatoms. The summed E-state index contributed by atoms with van der Waals surface area (Å²) in [6, 6.07) is 5.85. The van der Waals surface area contributed by atoms with Gasteiger partial charge in [0, 0.05) is 0 Å². The molecule has 0 radical (unpaired) electrons. The highest BCUT2D eigenvalue weighted by atomic mass is 32.1. The highest BCUT2D eigenvalue weighted by molar-refractivity contribution is 7.80. The lowest BCUT2D eigenvalue weighted by molar-refractivity contribution is 0.309. The Bertz CT molecular complexity index is 220. The van der Waals surface area contributed by atoms with E-state index in [1.54, 1.807) is 19.1 Å². The second-order valence-electron chi connectivity index (χ2n) is 2.17. The van der Waals surface area contributed by atoms with Crippen LogP contribution in [0.5, 0.6) is 5.75 Å². The molecule has 0 fully saturated rings. The zero-order chi connectivity index (χ0) is 8.27. The van der Waals surface area contributed by atoms with Crippen molar-refractivity contribution in [1.29, 1.82) is 0 Å². The molecule has 1 atom stereocenters. The summed E-state index contributed by atoms with van der Waals surface area (Å²) < 4.78 is 17.5. The summed E-state index contributed by atoms with van der Waals surface area (Å²) in [6.45, 7) is 1.80. The Kier molecular flexibility index (Phi) is 2.76. The summed E-state index contributed by atoms with van der Waals surface area (Å²) >= 11 is 4.02. The Hall–Kier alpha value is -0.700. The molecular formula is C8H9FOS. The quantitative estimate of drug-likeness (QED) is 0.532. The third-order valence-corrected chi connectivity index (χ3v) is 1.23. The lowest BCUT2D eigenvalue weighted by Gasteiger charge is -2.07. The SMILES string of the molecule is C[C@@H](S)Oc1ccc(F)cc1. The van der Waals surface area contributed by atoms with Crippen molar-refractivity contribution in [2.75, 3.05) is 0 Å². The van der Waals surface area contributed by atoms with E-state index in [0.717, 1.165) is 0 Å². The minimum Gasteiger partial charge on any atom is -0.480 e. The summed E-state index contributed by atoms with van der Waals surface area (Å²) in [5.41, 5.74) is -0.166. The lowest BCUT2D eigenvalue weighted by Crippen LogP contribution is -2.01. The van der Waals surface area contributed by atoms with Crippen LogP contribution in [-0.4, -0.2) is 5.44 Å². The fourth-order valence-corrected chi connectivity index (χ4v) is 0.832. The van der Waals surface area contributed by atoms with Gasteiger partial charge in [-0.2, -0.15) is 0 Å². The predicted octanol–water partition coefficient (Wildman–Crippen LogP) is 2.48. The van der Waals surface area contributed by atoms with Crippen LogP contribution in [-0.2, 0) is 0 Å². The first-order valence-electron chi connectivity index (χ1n) is 3.29. The molecule has 0 bridgehead atoms. The number of benzene rings is 1. The molecule has 60 valence electrons. The molecule has 0 unspecified atom stereocenters. The van der Waals surface area contributed by atoms with Gasteiger partial charge >= 0.3 is 0 Å². The number of hydrogen-bond donors (Lipinski definition) is 1. The van der Waals surface area contributed by atoms with E-state index in [2.05, 4.69) is 12.6 Å². The van der Waals surface area contributed by atoms with Gasteiger partial charge in [0.05, 0.1) is 0 Å². The number of thiol groups is 1. The van der Waals surface area contributed by atoms with Crippen molar-refractivity contribution < 1.29 is 9.13 Å². The molecule has 0 aliphatic heterocycles. The molecule has 0 saturated heterocycles. The van der Waals surface area contributed by atoms with Crippen molar-refractivity contribution in [2.24, 2.45) is 0 Å². The van der Waals surface area contributed by atoms with E-state index in [-0.39, 0.29) is 11.3 Å². The molecule has 1 aromatic rings. The Balaban J connectivity index is 2.66. The normalized spacial score (nSPS) is 12.6. The Labute approximate surface area is 70.6 Å². The van der Waals surface area contributed by atoms with Crippen LogP contribution >= 0.6 is 12.6 Å². The minimum atomic E-state index is -0.260. The summed E-state index contributed by atoms with van der Waals surface area (Å²) in [5, 5.41) is 0. The monoisotopic (exact) mass is 172 g/mol. The van der Waals surface area contributed by atoms with Crippen molar-refractivity contribution in [2.45, 2.75) is 12.4 Å². The first kappa shape index (κ1) is 8.40. The molecule has 1 rings (SSSR count). The first-order chi connectivity index (χ1) is 5.18. The van der Waals surface area contributed by atoms with Crippen molar-refractivity contribution >= 4 is 12.6 Å². The second-order valence-corrected chi connectivity index (χ2v) is 2.90. The summed E-state index contributed by atoms with van der Waals surface area (Å²) in [6.07, 6.45) is 0. The minimum absolute atomic E-state index is 0.166. The van der Waals surface area contributed by atoms with E-state index < -0.39 is 0 Å². The van der Waals surface area contributed by atoms with Gasteiger partial charge in [-0.25, -0.2) is 4.39 Å². The zero-order valence-electron chi connectivity index (χ0n) is 6.12. The van der Waals surface area contributed by atoms with E-state index in [1.165, 1.54) is 12.1 Å². The van der Waals surface area contributed by atoms with E-state index >= 15 is 0 Å².